The zero-order chi connectivity index (χ0) is 12.2. The van der Waals surface area contributed by atoms with Gasteiger partial charge in [-0.2, -0.15) is 5.10 Å². The van der Waals surface area contributed by atoms with Crippen LogP contribution in [0.1, 0.15) is 27.2 Å². The van der Waals surface area contributed by atoms with E-state index >= 15 is 0 Å². The summed E-state index contributed by atoms with van der Waals surface area (Å²) in [5, 5.41) is 17.7. The average molecular weight is 226 g/mol. The van der Waals surface area contributed by atoms with Crippen molar-refractivity contribution in [1.29, 1.82) is 0 Å². The smallest absolute Gasteiger partial charge is 0.306 e. The first kappa shape index (κ1) is 12.6. The van der Waals surface area contributed by atoms with E-state index in [0.29, 0.717) is 6.54 Å². The lowest BCUT2D eigenvalue weighted by Crippen LogP contribution is -2.36. The predicted octanol–water partition coefficient (Wildman–Crippen LogP) is 1.57. The predicted molar refractivity (Wildman–Crippen MR) is 61.3 cm³/mol. The maximum absolute atomic E-state index is 10.4. The first-order valence-corrected chi connectivity index (χ1v) is 5.30. The van der Waals surface area contributed by atoms with Crippen LogP contribution in [0.25, 0.3) is 0 Å². The van der Waals surface area contributed by atoms with Gasteiger partial charge in [-0.3, -0.25) is 14.8 Å². The van der Waals surface area contributed by atoms with E-state index in [4.69, 9.17) is 0 Å². The van der Waals surface area contributed by atoms with Gasteiger partial charge in [0.2, 0.25) is 0 Å². The van der Waals surface area contributed by atoms with Crippen LogP contribution < -0.4 is 5.32 Å². The van der Waals surface area contributed by atoms with Gasteiger partial charge in [-0.25, -0.2) is 0 Å². The Kier molecular flexibility index (Phi) is 4.00. The maximum atomic E-state index is 10.4. The Hall–Kier alpha value is -1.43. The SMILES string of the molecule is CC(C)(C)NCCCn1cc([N+](=O)[O-])cn1. The molecular weight excluding hydrogens is 208 g/mol. The summed E-state index contributed by atoms with van der Waals surface area (Å²) in [4.78, 5) is 9.98. The molecule has 0 aliphatic carbocycles. The monoisotopic (exact) mass is 226 g/mol. The van der Waals surface area contributed by atoms with Crippen LogP contribution in [0.4, 0.5) is 5.69 Å². The lowest BCUT2D eigenvalue weighted by atomic mass is 10.1. The Morgan fingerprint density at radius 2 is 2.25 bits per heavy atom. The van der Waals surface area contributed by atoms with E-state index in [-0.39, 0.29) is 11.2 Å². The summed E-state index contributed by atoms with van der Waals surface area (Å²) in [7, 11) is 0. The van der Waals surface area contributed by atoms with Gasteiger partial charge in [0, 0.05) is 12.1 Å². The number of nitrogens with zero attached hydrogens (tertiary/aromatic N) is 3. The standard InChI is InChI=1S/C10H18N4O2/c1-10(2,3)11-5-4-6-13-8-9(7-12-13)14(15)16/h7-8,11H,4-6H2,1-3H3. The summed E-state index contributed by atoms with van der Waals surface area (Å²) in [5.74, 6) is 0. The molecule has 0 spiro atoms. The van der Waals surface area contributed by atoms with Crippen LogP contribution in [0, 0.1) is 10.1 Å². The molecule has 90 valence electrons. The second-order valence-corrected chi connectivity index (χ2v) is 4.75. The summed E-state index contributed by atoms with van der Waals surface area (Å²) >= 11 is 0. The number of aryl methyl sites for hydroxylation is 1. The number of rotatable bonds is 5. The minimum absolute atomic E-state index is 0.0452. The fourth-order valence-electron chi connectivity index (χ4n) is 1.27. The molecule has 0 aromatic carbocycles. The summed E-state index contributed by atoms with van der Waals surface area (Å²) in [6.45, 7) is 7.87. The quantitative estimate of drug-likeness (QED) is 0.470. The molecule has 1 N–H and O–H groups in total. The summed E-state index contributed by atoms with van der Waals surface area (Å²) < 4.78 is 1.60. The highest BCUT2D eigenvalue weighted by molar-refractivity contribution is 5.20. The van der Waals surface area contributed by atoms with Gasteiger partial charge < -0.3 is 5.32 Å². The molecule has 1 aromatic heterocycles. The van der Waals surface area contributed by atoms with Crippen molar-refractivity contribution in [3.8, 4) is 0 Å². The molecule has 0 atom stereocenters. The topological polar surface area (TPSA) is 73.0 Å². The molecule has 0 aliphatic heterocycles. The molecule has 0 fully saturated rings. The van der Waals surface area contributed by atoms with Crippen LogP contribution in [0.3, 0.4) is 0 Å². The Bertz CT molecular complexity index is 354. The van der Waals surface area contributed by atoms with E-state index < -0.39 is 4.92 Å². The van der Waals surface area contributed by atoms with Crippen molar-refractivity contribution in [1.82, 2.24) is 15.1 Å². The molecule has 1 heterocycles. The van der Waals surface area contributed by atoms with Crippen LogP contribution in [-0.4, -0.2) is 26.8 Å². The summed E-state index contributed by atoms with van der Waals surface area (Å²) in [5.41, 5.74) is 0.152. The van der Waals surface area contributed by atoms with Crippen molar-refractivity contribution in [3.63, 3.8) is 0 Å². The van der Waals surface area contributed by atoms with Crippen LogP contribution >= 0.6 is 0 Å². The molecule has 0 amide bonds. The third-order valence-corrected chi connectivity index (χ3v) is 2.05. The van der Waals surface area contributed by atoms with E-state index in [9.17, 15) is 10.1 Å². The highest BCUT2D eigenvalue weighted by Crippen LogP contribution is 2.07. The molecule has 6 nitrogen and oxygen atoms in total. The molecule has 0 bridgehead atoms. The van der Waals surface area contributed by atoms with Crippen LogP contribution in [0.5, 0.6) is 0 Å². The fraction of sp³-hybridized carbons (Fsp3) is 0.700. The van der Waals surface area contributed by atoms with Crippen LogP contribution in [0.2, 0.25) is 0 Å². The van der Waals surface area contributed by atoms with Gasteiger partial charge in [-0.15, -0.1) is 0 Å². The molecule has 0 radical (unpaired) electrons. The van der Waals surface area contributed by atoms with E-state index in [0.717, 1.165) is 13.0 Å². The molecule has 0 saturated heterocycles. The second kappa shape index (κ2) is 5.07. The lowest BCUT2D eigenvalue weighted by molar-refractivity contribution is -0.385. The van der Waals surface area contributed by atoms with E-state index in [2.05, 4.69) is 31.2 Å². The molecule has 0 saturated carbocycles. The van der Waals surface area contributed by atoms with E-state index in [1.54, 1.807) is 4.68 Å². The van der Waals surface area contributed by atoms with Crippen molar-refractivity contribution in [2.24, 2.45) is 0 Å². The van der Waals surface area contributed by atoms with Crippen LogP contribution in [-0.2, 0) is 6.54 Å². The second-order valence-electron chi connectivity index (χ2n) is 4.75. The van der Waals surface area contributed by atoms with Crippen molar-refractivity contribution in [3.05, 3.63) is 22.5 Å². The van der Waals surface area contributed by atoms with Gasteiger partial charge in [-0.1, -0.05) is 0 Å². The first-order valence-electron chi connectivity index (χ1n) is 5.30. The summed E-state index contributed by atoms with van der Waals surface area (Å²) in [6.07, 6.45) is 3.63. The Labute approximate surface area is 94.8 Å². The Morgan fingerprint density at radius 3 is 2.75 bits per heavy atom. The van der Waals surface area contributed by atoms with Crippen molar-refractivity contribution in [2.45, 2.75) is 39.3 Å². The normalized spacial score (nSPS) is 11.7. The number of nitro groups is 1. The van der Waals surface area contributed by atoms with Gasteiger partial charge in [0.25, 0.3) is 0 Å². The number of hydrogen-bond donors (Lipinski definition) is 1. The highest BCUT2D eigenvalue weighted by Gasteiger charge is 2.09. The molecule has 1 aromatic rings. The third-order valence-electron chi connectivity index (χ3n) is 2.05. The van der Waals surface area contributed by atoms with Gasteiger partial charge in [0.15, 0.2) is 0 Å². The number of nitrogens with one attached hydrogen (secondary N) is 1. The minimum Gasteiger partial charge on any atom is -0.312 e. The Balaban J connectivity index is 2.30. The van der Waals surface area contributed by atoms with Crippen molar-refractivity contribution < 1.29 is 4.92 Å². The van der Waals surface area contributed by atoms with Gasteiger partial charge in [-0.05, 0) is 33.7 Å². The zero-order valence-corrected chi connectivity index (χ0v) is 9.93. The molecule has 16 heavy (non-hydrogen) atoms. The van der Waals surface area contributed by atoms with Gasteiger partial charge in [0.05, 0.1) is 4.92 Å². The molecule has 6 heteroatoms. The molecule has 0 aliphatic rings. The Morgan fingerprint density at radius 1 is 1.56 bits per heavy atom. The molecule has 0 unspecified atom stereocenters. The van der Waals surface area contributed by atoms with Crippen molar-refractivity contribution >= 4 is 5.69 Å². The average Bonchev–Trinajstić information content (AvgIpc) is 2.59. The van der Waals surface area contributed by atoms with E-state index in [1.165, 1.54) is 12.4 Å². The third kappa shape index (κ3) is 4.39. The summed E-state index contributed by atoms with van der Waals surface area (Å²) in [6, 6.07) is 0. The van der Waals surface area contributed by atoms with Crippen LogP contribution in [0.15, 0.2) is 12.4 Å². The zero-order valence-electron chi connectivity index (χ0n) is 9.93. The van der Waals surface area contributed by atoms with E-state index in [1.807, 2.05) is 0 Å². The minimum atomic E-state index is -0.434. The molecule has 1 rings (SSSR count). The van der Waals surface area contributed by atoms with Crippen molar-refractivity contribution in [2.75, 3.05) is 6.54 Å². The fourth-order valence-corrected chi connectivity index (χ4v) is 1.27. The lowest BCUT2D eigenvalue weighted by Gasteiger charge is -2.20. The van der Waals surface area contributed by atoms with Gasteiger partial charge >= 0.3 is 5.69 Å². The first-order chi connectivity index (χ1) is 7.38. The largest absolute Gasteiger partial charge is 0.312 e. The maximum Gasteiger partial charge on any atom is 0.306 e. The van der Waals surface area contributed by atoms with Gasteiger partial charge in [0.1, 0.15) is 12.4 Å². The number of hydrogen-bond acceptors (Lipinski definition) is 4. The molecular formula is C10H18N4O2. The highest BCUT2D eigenvalue weighted by atomic mass is 16.6. The number of aromatic nitrogens is 2.